The fourth-order valence-electron chi connectivity index (χ4n) is 3.39. The maximum atomic E-state index is 11.9. The van der Waals surface area contributed by atoms with E-state index in [0.29, 0.717) is 12.3 Å². The highest BCUT2D eigenvalue weighted by Gasteiger charge is 2.46. The molecule has 124 valence electrons. The first kappa shape index (κ1) is 16.8. The van der Waals surface area contributed by atoms with Gasteiger partial charge in [-0.3, -0.25) is 9.59 Å². The molecule has 0 saturated heterocycles. The van der Waals surface area contributed by atoms with Crippen LogP contribution < -0.4 is 0 Å². The lowest BCUT2D eigenvalue weighted by Gasteiger charge is -2.35. The summed E-state index contributed by atoms with van der Waals surface area (Å²) in [6, 6.07) is 0. The van der Waals surface area contributed by atoms with Crippen LogP contribution in [0.5, 0.6) is 0 Å². The highest BCUT2D eigenvalue weighted by Crippen LogP contribution is 2.46. The molecule has 0 aromatic rings. The van der Waals surface area contributed by atoms with E-state index in [4.69, 9.17) is 14.2 Å². The number of esters is 2. The number of ether oxygens (including phenoxy) is 3. The van der Waals surface area contributed by atoms with Crippen LogP contribution in [0, 0.1) is 23.7 Å². The molecule has 22 heavy (non-hydrogen) atoms. The van der Waals surface area contributed by atoms with E-state index in [-0.39, 0.29) is 36.3 Å². The lowest BCUT2D eigenvalue weighted by Crippen LogP contribution is -2.38. The minimum atomic E-state index is -0.519. The summed E-state index contributed by atoms with van der Waals surface area (Å²) in [7, 11) is 0. The van der Waals surface area contributed by atoms with Gasteiger partial charge < -0.3 is 14.2 Å². The summed E-state index contributed by atoms with van der Waals surface area (Å²) < 4.78 is 16.3. The van der Waals surface area contributed by atoms with Gasteiger partial charge in [0.25, 0.3) is 0 Å². The van der Waals surface area contributed by atoms with E-state index in [9.17, 15) is 9.59 Å². The van der Waals surface area contributed by atoms with E-state index in [2.05, 4.69) is 6.92 Å². The number of carbonyl (C=O) groups excluding carboxylic acids is 2. The maximum Gasteiger partial charge on any atom is 0.309 e. The molecule has 0 aromatic heterocycles. The molecular formula is C17H26O5. The van der Waals surface area contributed by atoms with Crippen LogP contribution in [0.4, 0.5) is 0 Å². The summed E-state index contributed by atoms with van der Waals surface area (Å²) in [4.78, 5) is 22.9. The fourth-order valence-corrected chi connectivity index (χ4v) is 3.39. The zero-order valence-electron chi connectivity index (χ0n) is 13.8. The molecule has 0 N–H and O–H groups in total. The molecule has 1 heterocycles. The molecule has 2 rings (SSSR count). The van der Waals surface area contributed by atoms with Crippen molar-refractivity contribution in [3.05, 3.63) is 11.8 Å². The Morgan fingerprint density at radius 3 is 2.73 bits per heavy atom. The van der Waals surface area contributed by atoms with Gasteiger partial charge in [0.05, 0.1) is 6.26 Å². The molecule has 4 unspecified atom stereocenters. The van der Waals surface area contributed by atoms with Gasteiger partial charge in [-0.15, -0.1) is 0 Å². The zero-order valence-corrected chi connectivity index (χ0v) is 13.8. The Bertz CT molecular complexity index is 454. The van der Waals surface area contributed by atoms with Gasteiger partial charge in [-0.05, 0) is 30.6 Å². The topological polar surface area (TPSA) is 61.8 Å². The molecule has 1 saturated carbocycles. The number of rotatable bonds is 5. The molecule has 4 atom stereocenters. The lowest BCUT2D eigenvalue weighted by atomic mass is 9.84. The average molecular weight is 310 g/mol. The predicted octanol–water partition coefficient (Wildman–Crippen LogP) is 3.04. The molecule has 5 heteroatoms. The van der Waals surface area contributed by atoms with Gasteiger partial charge in [0.1, 0.15) is 6.61 Å². The quantitative estimate of drug-likeness (QED) is 0.730. The van der Waals surface area contributed by atoms with Crippen molar-refractivity contribution in [1.82, 2.24) is 0 Å². The zero-order chi connectivity index (χ0) is 16.3. The Labute approximate surface area is 132 Å². The van der Waals surface area contributed by atoms with Crippen LogP contribution in [-0.2, 0) is 23.8 Å². The molecular weight excluding hydrogens is 284 g/mol. The first-order chi connectivity index (χ1) is 10.4. The maximum absolute atomic E-state index is 11.9. The number of hydrogen-bond donors (Lipinski definition) is 0. The Kier molecular flexibility index (Phi) is 5.48. The second-order valence-electron chi connectivity index (χ2n) is 6.80. The van der Waals surface area contributed by atoms with Crippen molar-refractivity contribution in [2.45, 2.75) is 53.2 Å². The largest absolute Gasteiger partial charge is 0.462 e. The van der Waals surface area contributed by atoms with Gasteiger partial charge in [0, 0.05) is 24.8 Å². The van der Waals surface area contributed by atoms with Crippen molar-refractivity contribution in [2.75, 3.05) is 6.61 Å². The summed E-state index contributed by atoms with van der Waals surface area (Å²) in [5.41, 5.74) is 0.987. The van der Waals surface area contributed by atoms with Crippen LogP contribution in [0.15, 0.2) is 11.8 Å². The van der Waals surface area contributed by atoms with Crippen molar-refractivity contribution in [3.8, 4) is 0 Å². The molecule has 1 fully saturated rings. The molecule has 0 bridgehead atoms. The van der Waals surface area contributed by atoms with Gasteiger partial charge in [-0.25, -0.2) is 0 Å². The van der Waals surface area contributed by atoms with Crippen molar-refractivity contribution in [2.24, 2.45) is 23.7 Å². The molecule has 2 aliphatic rings. The Morgan fingerprint density at radius 1 is 1.36 bits per heavy atom. The van der Waals surface area contributed by atoms with E-state index < -0.39 is 6.29 Å². The van der Waals surface area contributed by atoms with Crippen molar-refractivity contribution in [1.29, 1.82) is 0 Å². The van der Waals surface area contributed by atoms with Crippen LogP contribution in [0.25, 0.3) is 0 Å². The molecule has 0 aromatic carbocycles. The van der Waals surface area contributed by atoms with Crippen molar-refractivity contribution in [3.63, 3.8) is 0 Å². The van der Waals surface area contributed by atoms with Crippen molar-refractivity contribution < 1.29 is 23.8 Å². The van der Waals surface area contributed by atoms with E-state index >= 15 is 0 Å². The number of fused-ring (bicyclic) bond motifs is 1. The summed E-state index contributed by atoms with van der Waals surface area (Å²) in [6.07, 6.45) is 3.58. The highest BCUT2D eigenvalue weighted by atomic mass is 16.7. The molecule has 0 spiro atoms. The van der Waals surface area contributed by atoms with Crippen LogP contribution in [0.1, 0.15) is 47.0 Å². The average Bonchev–Trinajstić information content (AvgIpc) is 2.79. The van der Waals surface area contributed by atoms with Gasteiger partial charge in [-0.1, -0.05) is 20.8 Å². The smallest absolute Gasteiger partial charge is 0.309 e. The van der Waals surface area contributed by atoms with Crippen LogP contribution >= 0.6 is 0 Å². The van der Waals surface area contributed by atoms with Gasteiger partial charge in [0.15, 0.2) is 0 Å². The molecule has 1 aliphatic heterocycles. The highest BCUT2D eigenvalue weighted by molar-refractivity contribution is 5.69. The van der Waals surface area contributed by atoms with Crippen LogP contribution in [0.3, 0.4) is 0 Å². The van der Waals surface area contributed by atoms with Gasteiger partial charge in [-0.2, -0.15) is 0 Å². The summed E-state index contributed by atoms with van der Waals surface area (Å²) in [6.45, 7) is 7.79. The Morgan fingerprint density at radius 2 is 2.09 bits per heavy atom. The van der Waals surface area contributed by atoms with E-state index in [1.807, 2.05) is 13.8 Å². The Balaban J connectivity index is 2.04. The van der Waals surface area contributed by atoms with Crippen molar-refractivity contribution >= 4 is 11.9 Å². The fraction of sp³-hybridized carbons (Fsp3) is 0.765. The summed E-state index contributed by atoms with van der Waals surface area (Å²) in [5.74, 6) is 0.584. The van der Waals surface area contributed by atoms with E-state index in [1.165, 1.54) is 6.92 Å². The second-order valence-corrected chi connectivity index (χ2v) is 6.80. The molecule has 0 amide bonds. The first-order valence-electron chi connectivity index (χ1n) is 8.05. The molecule has 5 nitrogen and oxygen atoms in total. The third kappa shape index (κ3) is 4.02. The SMILES string of the molecule is CC(=O)OCC1=COC(OC(=O)CC(C)C)C2C(C)CCC12. The minimum Gasteiger partial charge on any atom is -0.462 e. The molecule has 1 aliphatic carbocycles. The number of carbonyl (C=O) groups is 2. The normalized spacial score (nSPS) is 30.3. The monoisotopic (exact) mass is 310 g/mol. The third-order valence-electron chi connectivity index (χ3n) is 4.46. The third-order valence-corrected chi connectivity index (χ3v) is 4.46. The molecule has 0 radical (unpaired) electrons. The Hall–Kier alpha value is -1.52. The second kappa shape index (κ2) is 7.16. The predicted molar refractivity (Wildman–Crippen MR) is 80.5 cm³/mol. The first-order valence-corrected chi connectivity index (χ1v) is 8.05. The van der Waals surface area contributed by atoms with Crippen LogP contribution in [-0.4, -0.2) is 24.8 Å². The minimum absolute atomic E-state index is 0.145. The van der Waals surface area contributed by atoms with Crippen LogP contribution in [0.2, 0.25) is 0 Å². The van der Waals surface area contributed by atoms with E-state index in [1.54, 1.807) is 6.26 Å². The lowest BCUT2D eigenvalue weighted by molar-refractivity contribution is -0.188. The summed E-state index contributed by atoms with van der Waals surface area (Å²) >= 11 is 0. The standard InChI is InChI=1S/C17H26O5/c1-10(2)7-15(19)22-17-16-11(3)5-6-14(16)13(9-21-17)8-20-12(4)18/h9-11,14,16-17H,5-8H2,1-4H3. The van der Waals surface area contributed by atoms with Gasteiger partial charge >= 0.3 is 11.9 Å². The number of hydrogen-bond acceptors (Lipinski definition) is 5. The van der Waals surface area contributed by atoms with E-state index in [0.717, 1.165) is 18.4 Å². The van der Waals surface area contributed by atoms with Gasteiger partial charge in [0.2, 0.25) is 6.29 Å². The summed E-state index contributed by atoms with van der Waals surface area (Å²) in [5, 5.41) is 0.